The largest absolute Gasteiger partial charge is 0.469 e. The van der Waals surface area contributed by atoms with Crippen LogP contribution in [0.15, 0.2) is 0 Å². The number of ether oxygens (including phenoxy) is 1. The number of hydrogen-bond acceptors (Lipinski definition) is 3. The molecule has 2 rings (SSSR count). The first-order chi connectivity index (χ1) is 9.12. The Morgan fingerprint density at radius 2 is 2.11 bits per heavy atom. The highest BCUT2D eigenvalue weighted by atomic mass is 16.5. The number of methoxy groups -OCH3 is 1. The second-order valence-electron chi connectivity index (χ2n) is 5.35. The molecule has 0 saturated heterocycles. The highest BCUT2D eigenvalue weighted by Gasteiger charge is 2.32. The SMILES string of the molecule is CCc1nn(C(C)C2CC2)c(CC)c1CC(=O)OC. The van der Waals surface area contributed by atoms with Crippen molar-refractivity contribution in [1.29, 1.82) is 0 Å². The topological polar surface area (TPSA) is 44.1 Å². The summed E-state index contributed by atoms with van der Waals surface area (Å²) in [7, 11) is 1.44. The molecule has 4 heteroatoms. The predicted molar refractivity (Wildman–Crippen MR) is 74.1 cm³/mol. The molecule has 1 atom stereocenters. The Morgan fingerprint density at radius 1 is 1.42 bits per heavy atom. The van der Waals surface area contributed by atoms with Crippen LogP contribution < -0.4 is 0 Å². The van der Waals surface area contributed by atoms with E-state index in [9.17, 15) is 4.79 Å². The molecular formula is C15H24N2O2. The van der Waals surface area contributed by atoms with Gasteiger partial charge in [-0.05, 0) is 38.5 Å². The molecule has 0 spiro atoms. The van der Waals surface area contributed by atoms with Gasteiger partial charge in [0.2, 0.25) is 0 Å². The number of hydrogen-bond donors (Lipinski definition) is 0. The van der Waals surface area contributed by atoms with Gasteiger partial charge in [-0.3, -0.25) is 9.48 Å². The second-order valence-corrected chi connectivity index (χ2v) is 5.35. The fourth-order valence-corrected chi connectivity index (χ4v) is 2.75. The van der Waals surface area contributed by atoms with Crippen molar-refractivity contribution in [2.75, 3.05) is 7.11 Å². The number of aromatic nitrogens is 2. The number of nitrogens with zero attached hydrogens (tertiary/aromatic N) is 2. The van der Waals surface area contributed by atoms with E-state index in [1.807, 2.05) is 0 Å². The van der Waals surface area contributed by atoms with Crippen LogP contribution in [-0.4, -0.2) is 22.9 Å². The molecule has 1 aromatic heterocycles. The molecule has 0 aliphatic heterocycles. The van der Waals surface area contributed by atoms with Gasteiger partial charge in [0.25, 0.3) is 0 Å². The van der Waals surface area contributed by atoms with Gasteiger partial charge in [0.05, 0.1) is 25.3 Å². The normalized spacial score (nSPS) is 16.4. The monoisotopic (exact) mass is 264 g/mol. The van der Waals surface area contributed by atoms with Crippen LogP contribution in [0.3, 0.4) is 0 Å². The van der Waals surface area contributed by atoms with Crippen LogP contribution in [0.2, 0.25) is 0 Å². The summed E-state index contributed by atoms with van der Waals surface area (Å²) in [4.78, 5) is 11.6. The van der Waals surface area contributed by atoms with Gasteiger partial charge in [0, 0.05) is 11.3 Å². The molecule has 1 fully saturated rings. The fourth-order valence-electron chi connectivity index (χ4n) is 2.75. The smallest absolute Gasteiger partial charge is 0.310 e. The molecule has 1 heterocycles. The van der Waals surface area contributed by atoms with Gasteiger partial charge in [-0.25, -0.2) is 0 Å². The number of esters is 1. The number of rotatable bonds is 6. The molecular weight excluding hydrogens is 240 g/mol. The summed E-state index contributed by atoms with van der Waals surface area (Å²) in [6.45, 7) is 6.47. The Balaban J connectivity index is 2.36. The van der Waals surface area contributed by atoms with Crippen LogP contribution in [0, 0.1) is 5.92 Å². The molecule has 1 saturated carbocycles. The average Bonchev–Trinajstić information content (AvgIpc) is 3.20. The molecule has 0 amide bonds. The minimum Gasteiger partial charge on any atom is -0.469 e. The van der Waals surface area contributed by atoms with Gasteiger partial charge in [0.1, 0.15) is 0 Å². The Labute approximate surface area is 115 Å². The van der Waals surface area contributed by atoms with E-state index < -0.39 is 0 Å². The van der Waals surface area contributed by atoms with Gasteiger partial charge in [-0.15, -0.1) is 0 Å². The number of aryl methyl sites for hydroxylation is 1. The van der Waals surface area contributed by atoms with Crippen molar-refractivity contribution in [2.45, 2.75) is 58.9 Å². The maximum Gasteiger partial charge on any atom is 0.310 e. The molecule has 106 valence electrons. The average molecular weight is 264 g/mol. The molecule has 1 aromatic rings. The third-order valence-electron chi connectivity index (χ3n) is 4.11. The van der Waals surface area contributed by atoms with Crippen molar-refractivity contribution < 1.29 is 9.53 Å². The Hall–Kier alpha value is -1.32. The van der Waals surface area contributed by atoms with Gasteiger partial charge in [-0.2, -0.15) is 5.10 Å². The van der Waals surface area contributed by atoms with E-state index in [0.29, 0.717) is 12.5 Å². The first-order valence-corrected chi connectivity index (χ1v) is 7.28. The Bertz CT molecular complexity index is 461. The summed E-state index contributed by atoms with van der Waals surface area (Å²) in [6, 6.07) is 0.451. The fraction of sp³-hybridized carbons (Fsp3) is 0.733. The zero-order valence-electron chi connectivity index (χ0n) is 12.4. The lowest BCUT2D eigenvalue weighted by Crippen LogP contribution is -2.13. The van der Waals surface area contributed by atoms with Crippen molar-refractivity contribution in [3.05, 3.63) is 17.0 Å². The zero-order chi connectivity index (χ0) is 14.0. The van der Waals surface area contributed by atoms with E-state index in [1.54, 1.807) is 0 Å². The van der Waals surface area contributed by atoms with Crippen molar-refractivity contribution >= 4 is 5.97 Å². The van der Waals surface area contributed by atoms with Gasteiger partial charge in [0.15, 0.2) is 0 Å². The molecule has 1 aliphatic carbocycles. The van der Waals surface area contributed by atoms with Crippen LogP contribution >= 0.6 is 0 Å². The van der Waals surface area contributed by atoms with Crippen LogP contribution in [0.5, 0.6) is 0 Å². The molecule has 0 N–H and O–H groups in total. The number of carbonyl (C=O) groups excluding carboxylic acids is 1. The minimum absolute atomic E-state index is 0.178. The van der Waals surface area contributed by atoms with Crippen LogP contribution in [0.25, 0.3) is 0 Å². The third-order valence-corrected chi connectivity index (χ3v) is 4.11. The lowest BCUT2D eigenvalue weighted by molar-refractivity contribution is -0.139. The highest BCUT2D eigenvalue weighted by molar-refractivity contribution is 5.73. The standard InChI is InChI=1S/C15H24N2O2/c1-5-13-12(9-15(18)19-4)14(6-2)17(16-13)10(3)11-7-8-11/h10-11H,5-9H2,1-4H3. The van der Waals surface area contributed by atoms with E-state index in [-0.39, 0.29) is 5.97 Å². The van der Waals surface area contributed by atoms with Crippen LogP contribution in [0.4, 0.5) is 0 Å². The Kier molecular flexibility index (Phi) is 4.27. The molecule has 0 aromatic carbocycles. The highest BCUT2D eigenvalue weighted by Crippen LogP contribution is 2.40. The Morgan fingerprint density at radius 3 is 2.58 bits per heavy atom. The minimum atomic E-state index is -0.178. The third kappa shape index (κ3) is 2.82. The van der Waals surface area contributed by atoms with E-state index in [2.05, 4.69) is 25.5 Å². The summed E-state index contributed by atoms with van der Waals surface area (Å²) in [5, 5.41) is 4.76. The molecule has 19 heavy (non-hydrogen) atoms. The van der Waals surface area contributed by atoms with Crippen molar-refractivity contribution in [3.8, 4) is 0 Å². The van der Waals surface area contributed by atoms with Crippen LogP contribution in [-0.2, 0) is 28.8 Å². The maximum absolute atomic E-state index is 11.6. The summed E-state index contributed by atoms with van der Waals surface area (Å²) in [6.07, 6.45) is 4.73. The van der Waals surface area contributed by atoms with E-state index >= 15 is 0 Å². The molecule has 1 aliphatic rings. The van der Waals surface area contributed by atoms with Crippen molar-refractivity contribution in [3.63, 3.8) is 0 Å². The van der Waals surface area contributed by atoms with Crippen LogP contribution in [0.1, 0.15) is 56.6 Å². The van der Waals surface area contributed by atoms with Crippen molar-refractivity contribution in [2.24, 2.45) is 5.92 Å². The first-order valence-electron chi connectivity index (χ1n) is 7.28. The predicted octanol–water partition coefficient (Wildman–Crippen LogP) is 2.69. The van der Waals surface area contributed by atoms with Gasteiger partial charge < -0.3 is 4.74 Å². The summed E-state index contributed by atoms with van der Waals surface area (Å²) < 4.78 is 6.97. The molecule has 4 nitrogen and oxygen atoms in total. The lowest BCUT2D eigenvalue weighted by atomic mass is 10.1. The van der Waals surface area contributed by atoms with Gasteiger partial charge >= 0.3 is 5.97 Å². The molecule has 1 unspecified atom stereocenters. The lowest BCUT2D eigenvalue weighted by Gasteiger charge is -2.15. The zero-order valence-corrected chi connectivity index (χ0v) is 12.4. The van der Waals surface area contributed by atoms with E-state index in [1.165, 1.54) is 25.6 Å². The van der Waals surface area contributed by atoms with E-state index in [0.717, 1.165) is 30.0 Å². The van der Waals surface area contributed by atoms with Crippen molar-refractivity contribution in [1.82, 2.24) is 9.78 Å². The second kappa shape index (κ2) is 5.76. The first kappa shape index (κ1) is 14.1. The quantitative estimate of drug-likeness (QED) is 0.742. The van der Waals surface area contributed by atoms with E-state index in [4.69, 9.17) is 9.84 Å². The maximum atomic E-state index is 11.6. The summed E-state index contributed by atoms with van der Waals surface area (Å²) in [5.74, 6) is 0.587. The number of carbonyl (C=O) groups is 1. The molecule has 0 radical (unpaired) electrons. The summed E-state index contributed by atoms with van der Waals surface area (Å²) >= 11 is 0. The van der Waals surface area contributed by atoms with Gasteiger partial charge in [-0.1, -0.05) is 13.8 Å². The molecule has 0 bridgehead atoms. The summed E-state index contributed by atoms with van der Waals surface area (Å²) in [5.41, 5.74) is 3.35.